The highest BCUT2D eigenvalue weighted by molar-refractivity contribution is 7.14. The molecule has 0 atom stereocenters. The molecule has 106 valence electrons. The number of anilines is 1. The van der Waals surface area contributed by atoms with Crippen molar-refractivity contribution in [2.45, 2.75) is 31.7 Å². The molecule has 0 aliphatic heterocycles. The maximum absolute atomic E-state index is 12.4. The number of likely N-dealkylation sites (N-methyl/N-ethyl adjacent to an activating group) is 2. The molecule has 1 aromatic rings. The zero-order valence-corrected chi connectivity index (χ0v) is 13.0. The van der Waals surface area contributed by atoms with Gasteiger partial charge in [0, 0.05) is 29.7 Å². The topological polar surface area (TPSA) is 49.6 Å². The van der Waals surface area contributed by atoms with E-state index in [4.69, 9.17) is 5.73 Å². The second kappa shape index (κ2) is 5.13. The number of nitrogens with zero attached hydrogens (tertiary/aromatic N) is 2. The highest BCUT2D eigenvalue weighted by Crippen LogP contribution is 2.37. The number of hydrogen-bond donors (Lipinski definition) is 1. The first kappa shape index (κ1) is 14.3. The average Bonchev–Trinajstić information content (AvgIpc) is 2.62. The third-order valence-corrected chi connectivity index (χ3v) is 5.33. The third-order valence-electron chi connectivity index (χ3n) is 4.28. The molecule has 1 aliphatic carbocycles. The molecule has 0 saturated heterocycles. The van der Waals surface area contributed by atoms with E-state index in [2.05, 4.69) is 19.0 Å². The highest BCUT2D eigenvalue weighted by Gasteiger charge is 2.40. The van der Waals surface area contributed by atoms with Crippen LogP contribution in [0.5, 0.6) is 0 Å². The predicted molar refractivity (Wildman–Crippen MR) is 80.7 cm³/mol. The van der Waals surface area contributed by atoms with E-state index in [9.17, 15) is 4.79 Å². The maximum Gasteiger partial charge on any atom is 0.263 e. The van der Waals surface area contributed by atoms with E-state index in [1.54, 1.807) is 6.07 Å². The molecule has 5 heteroatoms. The molecule has 4 nitrogen and oxygen atoms in total. The monoisotopic (exact) mass is 281 g/mol. The highest BCUT2D eigenvalue weighted by atomic mass is 32.1. The zero-order valence-electron chi connectivity index (χ0n) is 12.2. The Kier molecular flexibility index (Phi) is 3.87. The summed E-state index contributed by atoms with van der Waals surface area (Å²) in [6.07, 6.45) is 3.59. The summed E-state index contributed by atoms with van der Waals surface area (Å²) in [5.41, 5.74) is 6.71. The molecular formula is C14H23N3OS. The summed E-state index contributed by atoms with van der Waals surface area (Å²) in [6, 6.07) is 1.79. The standard InChI is InChI=1S/C14H23N3OS/c1-10-11(15)8-12(19-10)13(18)17(4)9-14(16(2)3)6-5-7-14/h8H,5-7,9,15H2,1-4H3. The minimum Gasteiger partial charge on any atom is -0.398 e. The molecule has 0 unspecified atom stereocenters. The van der Waals surface area contributed by atoms with Gasteiger partial charge in [0.1, 0.15) is 0 Å². The molecule has 0 aromatic carbocycles. The predicted octanol–water partition coefficient (Wildman–Crippen LogP) is 2.20. The molecule has 19 heavy (non-hydrogen) atoms. The van der Waals surface area contributed by atoms with Crippen LogP contribution in [0.1, 0.15) is 33.8 Å². The number of carbonyl (C=O) groups is 1. The molecule has 1 heterocycles. The van der Waals surface area contributed by atoms with Crippen molar-refractivity contribution in [1.29, 1.82) is 0 Å². The van der Waals surface area contributed by atoms with Crippen LogP contribution in [0.2, 0.25) is 0 Å². The number of aryl methyl sites for hydroxylation is 1. The zero-order chi connectivity index (χ0) is 14.2. The SMILES string of the molecule is Cc1sc(C(=O)N(C)CC2(N(C)C)CCC2)cc1N. The lowest BCUT2D eigenvalue weighted by Gasteiger charge is -2.49. The summed E-state index contributed by atoms with van der Waals surface area (Å²) in [5, 5.41) is 0. The summed E-state index contributed by atoms with van der Waals surface area (Å²) in [4.78, 5) is 18.3. The number of nitrogen functional groups attached to an aromatic ring is 1. The summed E-state index contributed by atoms with van der Waals surface area (Å²) >= 11 is 1.48. The van der Waals surface area contributed by atoms with E-state index < -0.39 is 0 Å². The molecule has 1 saturated carbocycles. The van der Waals surface area contributed by atoms with Crippen LogP contribution in [0.3, 0.4) is 0 Å². The largest absolute Gasteiger partial charge is 0.398 e. The summed E-state index contributed by atoms with van der Waals surface area (Å²) in [6.45, 7) is 2.74. The lowest BCUT2D eigenvalue weighted by molar-refractivity contribution is 0.0254. The van der Waals surface area contributed by atoms with Crippen LogP contribution >= 0.6 is 11.3 Å². The number of hydrogen-bond acceptors (Lipinski definition) is 4. The average molecular weight is 281 g/mol. The fourth-order valence-electron chi connectivity index (χ4n) is 2.63. The second-order valence-corrected chi connectivity index (χ2v) is 7.01. The van der Waals surface area contributed by atoms with Crippen LogP contribution in [0.15, 0.2) is 6.07 Å². The van der Waals surface area contributed by atoms with Gasteiger partial charge in [-0.1, -0.05) is 0 Å². The number of nitrogens with two attached hydrogens (primary N) is 1. The Morgan fingerprint density at radius 1 is 1.42 bits per heavy atom. The van der Waals surface area contributed by atoms with Crippen molar-refractivity contribution >= 4 is 22.9 Å². The Morgan fingerprint density at radius 2 is 2.05 bits per heavy atom. The molecule has 0 spiro atoms. The molecule has 1 amide bonds. The first-order valence-corrected chi connectivity index (χ1v) is 7.46. The Bertz CT molecular complexity index is 458. The van der Waals surface area contributed by atoms with Crippen LogP contribution in [0, 0.1) is 6.92 Å². The van der Waals surface area contributed by atoms with Crippen molar-refractivity contribution in [2.24, 2.45) is 0 Å². The summed E-state index contributed by atoms with van der Waals surface area (Å²) in [7, 11) is 6.09. The lowest BCUT2D eigenvalue weighted by Crippen LogP contribution is -2.57. The molecule has 1 aromatic heterocycles. The molecular weight excluding hydrogens is 258 g/mol. The second-order valence-electron chi connectivity index (χ2n) is 5.76. The molecule has 0 radical (unpaired) electrons. The lowest BCUT2D eigenvalue weighted by atomic mass is 9.75. The van der Waals surface area contributed by atoms with Crippen molar-refractivity contribution in [3.63, 3.8) is 0 Å². The van der Waals surface area contributed by atoms with Gasteiger partial charge in [-0.3, -0.25) is 4.79 Å². The first-order chi connectivity index (χ1) is 8.85. The Labute approximate surface area is 119 Å². The van der Waals surface area contributed by atoms with Crippen LogP contribution in [0.25, 0.3) is 0 Å². The van der Waals surface area contributed by atoms with Crippen LogP contribution < -0.4 is 5.73 Å². The fourth-order valence-corrected chi connectivity index (χ4v) is 3.57. The number of carbonyl (C=O) groups excluding carboxylic acids is 1. The van der Waals surface area contributed by atoms with Gasteiger partial charge in [0.2, 0.25) is 0 Å². The number of thiophene rings is 1. The van der Waals surface area contributed by atoms with Gasteiger partial charge in [0.15, 0.2) is 0 Å². The maximum atomic E-state index is 12.4. The van der Waals surface area contributed by atoms with Crippen molar-refractivity contribution in [3.8, 4) is 0 Å². The number of rotatable bonds is 4. The van der Waals surface area contributed by atoms with Crippen molar-refractivity contribution in [1.82, 2.24) is 9.80 Å². The summed E-state index contributed by atoms with van der Waals surface area (Å²) < 4.78 is 0. The van der Waals surface area contributed by atoms with Crippen molar-refractivity contribution in [3.05, 3.63) is 15.8 Å². The minimum atomic E-state index is 0.0814. The third kappa shape index (κ3) is 2.62. The summed E-state index contributed by atoms with van der Waals surface area (Å²) in [5.74, 6) is 0.0814. The molecule has 1 fully saturated rings. The van der Waals surface area contributed by atoms with Crippen molar-refractivity contribution < 1.29 is 4.79 Å². The van der Waals surface area contributed by atoms with E-state index in [0.29, 0.717) is 5.69 Å². The molecule has 1 aliphatic rings. The van der Waals surface area contributed by atoms with Gasteiger partial charge in [-0.25, -0.2) is 0 Å². The van der Waals surface area contributed by atoms with E-state index in [1.165, 1.54) is 30.6 Å². The van der Waals surface area contributed by atoms with Crippen LogP contribution in [-0.4, -0.2) is 48.9 Å². The fraction of sp³-hybridized carbons (Fsp3) is 0.643. The van der Waals surface area contributed by atoms with E-state index in [1.807, 2.05) is 18.9 Å². The van der Waals surface area contributed by atoms with Gasteiger partial charge in [-0.15, -0.1) is 11.3 Å². The van der Waals surface area contributed by atoms with E-state index >= 15 is 0 Å². The van der Waals surface area contributed by atoms with E-state index in [0.717, 1.165) is 16.3 Å². The van der Waals surface area contributed by atoms with Gasteiger partial charge in [-0.05, 0) is 46.3 Å². The van der Waals surface area contributed by atoms with Gasteiger partial charge < -0.3 is 15.5 Å². The number of amides is 1. The van der Waals surface area contributed by atoms with Gasteiger partial charge >= 0.3 is 0 Å². The van der Waals surface area contributed by atoms with Crippen LogP contribution in [0.4, 0.5) is 5.69 Å². The first-order valence-electron chi connectivity index (χ1n) is 6.64. The molecule has 2 rings (SSSR count). The van der Waals surface area contributed by atoms with Gasteiger partial charge in [-0.2, -0.15) is 0 Å². The normalized spacial score (nSPS) is 17.3. The molecule has 2 N–H and O–H groups in total. The van der Waals surface area contributed by atoms with Gasteiger partial charge in [0.05, 0.1) is 4.88 Å². The minimum absolute atomic E-state index is 0.0814. The Hall–Kier alpha value is -1.07. The van der Waals surface area contributed by atoms with Crippen LogP contribution in [-0.2, 0) is 0 Å². The Morgan fingerprint density at radius 3 is 2.42 bits per heavy atom. The van der Waals surface area contributed by atoms with Gasteiger partial charge in [0.25, 0.3) is 5.91 Å². The smallest absolute Gasteiger partial charge is 0.263 e. The quantitative estimate of drug-likeness (QED) is 0.920. The molecule has 0 bridgehead atoms. The van der Waals surface area contributed by atoms with E-state index in [-0.39, 0.29) is 11.4 Å². The van der Waals surface area contributed by atoms with Crippen molar-refractivity contribution in [2.75, 3.05) is 33.4 Å². The Balaban J connectivity index is 2.07.